The molecule has 6 nitrogen and oxygen atoms in total. The van der Waals surface area contributed by atoms with Gasteiger partial charge in [0.15, 0.2) is 11.5 Å². The molecule has 0 unspecified atom stereocenters. The molecule has 3 rings (SSSR count). The van der Waals surface area contributed by atoms with E-state index in [0.717, 1.165) is 6.26 Å². The molecule has 26 heavy (non-hydrogen) atoms. The van der Waals surface area contributed by atoms with Gasteiger partial charge < -0.3 is 15.3 Å². The molecule has 0 aliphatic carbocycles. The van der Waals surface area contributed by atoms with Crippen molar-refractivity contribution in [3.8, 4) is 28.4 Å². The molecule has 0 amide bonds. The number of phenolic OH excluding ortho intramolecular Hbond substituents is 3. The van der Waals surface area contributed by atoms with Crippen LogP contribution in [0.25, 0.3) is 21.9 Å². The number of benzene rings is 3. The quantitative estimate of drug-likeness (QED) is 0.414. The first-order chi connectivity index (χ1) is 12.1. The highest BCUT2D eigenvalue weighted by atomic mass is 32.2. The van der Waals surface area contributed by atoms with E-state index >= 15 is 0 Å². The van der Waals surface area contributed by atoms with Crippen LogP contribution in [-0.4, -0.2) is 30.0 Å². The largest absolute Gasteiger partial charge is 0.507 e. The fourth-order valence-corrected chi connectivity index (χ4v) is 3.88. The summed E-state index contributed by atoms with van der Waals surface area (Å²) in [5.74, 6) is -0.822. The molecule has 0 heterocycles. The first-order valence-corrected chi connectivity index (χ1v) is 9.74. The normalized spacial score (nSPS) is 11.7. The first kappa shape index (κ1) is 17.9. The molecule has 0 saturated heterocycles. The molecule has 0 bridgehead atoms. The van der Waals surface area contributed by atoms with Gasteiger partial charge in [-0.3, -0.25) is 4.72 Å². The molecule has 7 heteroatoms. The van der Waals surface area contributed by atoms with E-state index in [-0.39, 0.29) is 28.4 Å². The number of hydrogen-bond donors (Lipinski definition) is 4. The Morgan fingerprint density at radius 2 is 1.58 bits per heavy atom. The Morgan fingerprint density at radius 1 is 0.923 bits per heavy atom. The van der Waals surface area contributed by atoms with E-state index in [1.807, 2.05) is 0 Å². The average Bonchev–Trinajstić information content (AvgIpc) is 2.54. The standard InChI is InChI=1S/C19H19NO5S/c1-10-8-14(21)16(11(2)18(10)20-26(3,24)25)17-13-7-5-4-6-12(13)9-15(22)19(17)23/h4-9,20-23H,1-3H3. The van der Waals surface area contributed by atoms with Crippen LogP contribution in [0, 0.1) is 13.8 Å². The van der Waals surface area contributed by atoms with Crippen molar-refractivity contribution in [2.75, 3.05) is 11.0 Å². The number of rotatable bonds is 3. The van der Waals surface area contributed by atoms with Crippen molar-refractivity contribution in [1.82, 2.24) is 0 Å². The monoisotopic (exact) mass is 373 g/mol. The van der Waals surface area contributed by atoms with Crippen molar-refractivity contribution in [3.05, 3.63) is 47.5 Å². The first-order valence-electron chi connectivity index (χ1n) is 7.85. The Kier molecular flexibility index (Phi) is 4.20. The van der Waals surface area contributed by atoms with Crippen LogP contribution >= 0.6 is 0 Å². The molecule has 0 aliphatic heterocycles. The van der Waals surface area contributed by atoms with Gasteiger partial charge in [0.2, 0.25) is 10.0 Å². The second-order valence-electron chi connectivity index (χ2n) is 6.30. The van der Waals surface area contributed by atoms with E-state index in [4.69, 9.17) is 0 Å². The van der Waals surface area contributed by atoms with Crippen LogP contribution in [0.1, 0.15) is 11.1 Å². The molecule has 136 valence electrons. The van der Waals surface area contributed by atoms with Gasteiger partial charge in [0.05, 0.1) is 11.9 Å². The molecule has 3 aromatic rings. The van der Waals surface area contributed by atoms with Gasteiger partial charge in [0.1, 0.15) is 5.75 Å². The number of phenols is 3. The predicted octanol–water partition coefficient (Wildman–Crippen LogP) is 3.61. The van der Waals surface area contributed by atoms with E-state index in [2.05, 4.69) is 4.72 Å². The third-order valence-electron chi connectivity index (χ3n) is 4.29. The number of aromatic hydroxyl groups is 3. The lowest BCUT2D eigenvalue weighted by Gasteiger charge is -2.19. The van der Waals surface area contributed by atoms with E-state index < -0.39 is 10.0 Å². The number of nitrogens with one attached hydrogen (secondary N) is 1. The number of anilines is 1. The molecule has 0 aliphatic rings. The average molecular weight is 373 g/mol. The summed E-state index contributed by atoms with van der Waals surface area (Å²) in [7, 11) is -3.54. The number of sulfonamides is 1. The van der Waals surface area contributed by atoms with Crippen molar-refractivity contribution in [2.45, 2.75) is 13.8 Å². The molecule has 0 saturated carbocycles. The Labute approximate surface area is 151 Å². The highest BCUT2D eigenvalue weighted by Gasteiger charge is 2.22. The molecule has 0 spiro atoms. The van der Waals surface area contributed by atoms with E-state index in [1.165, 1.54) is 12.1 Å². The van der Waals surface area contributed by atoms with Crippen LogP contribution in [0.3, 0.4) is 0 Å². The number of aryl methyl sites for hydroxylation is 1. The Bertz CT molecular complexity index is 1140. The van der Waals surface area contributed by atoms with Gasteiger partial charge in [-0.15, -0.1) is 0 Å². The maximum absolute atomic E-state index is 11.7. The fourth-order valence-electron chi connectivity index (χ4n) is 3.20. The van der Waals surface area contributed by atoms with Gasteiger partial charge in [-0.25, -0.2) is 8.42 Å². The zero-order valence-corrected chi connectivity index (χ0v) is 15.3. The maximum atomic E-state index is 11.7. The van der Waals surface area contributed by atoms with Gasteiger partial charge in [0, 0.05) is 11.1 Å². The van der Waals surface area contributed by atoms with Gasteiger partial charge in [-0.05, 0) is 47.9 Å². The van der Waals surface area contributed by atoms with Crippen molar-refractivity contribution in [1.29, 1.82) is 0 Å². The summed E-state index contributed by atoms with van der Waals surface area (Å²) in [5.41, 5.74) is 1.81. The second kappa shape index (κ2) is 6.10. The lowest BCUT2D eigenvalue weighted by atomic mass is 9.91. The highest BCUT2D eigenvalue weighted by Crippen LogP contribution is 2.48. The van der Waals surface area contributed by atoms with Gasteiger partial charge >= 0.3 is 0 Å². The van der Waals surface area contributed by atoms with Crippen molar-refractivity contribution in [3.63, 3.8) is 0 Å². The summed E-state index contributed by atoms with van der Waals surface area (Å²) in [6, 6.07) is 9.96. The zero-order valence-electron chi connectivity index (χ0n) is 14.5. The van der Waals surface area contributed by atoms with Gasteiger partial charge in [-0.1, -0.05) is 24.3 Å². The van der Waals surface area contributed by atoms with Crippen LogP contribution in [-0.2, 0) is 10.0 Å². The van der Waals surface area contributed by atoms with Crippen LogP contribution in [0.15, 0.2) is 36.4 Å². The SMILES string of the molecule is Cc1cc(O)c(-c2c(O)c(O)cc3ccccc23)c(C)c1NS(C)(=O)=O. The zero-order chi connectivity index (χ0) is 19.2. The molecule has 0 aromatic heterocycles. The summed E-state index contributed by atoms with van der Waals surface area (Å²) < 4.78 is 25.9. The Balaban J connectivity index is 2.44. The van der Waals surface area contributed by atoms with Crippen molar-refractivity contribution >= 4 is 26.5 Å². The third kappa shape index (κ3) is 3.01. The number of fused-ring (bicyclic) bond motifs is 1. The topological polar surface area (TPSA) is 107 Å². The molecule has 0 atom stereocenters. The number of hydrogen-bond acceptors (Lipinski definition) is 5. The molecule has 0 radical (unpaired) electrons. The van der Waals surface area contributed by atoms with Gasteiger partial charge in [0.25, 0.3) is 0 Å². The Hall–Kier alpha value is -2.93. The molecule has 0 fully saturated rings. The Morgan fingerprint density at radius 3 is 2.23 bits per heavy atom. The molecule has 3 aromatic carbocycles. The highest BCUT2D eigenvalue weighted by molar-refractivity contribution is 7.92. The van der Waals surface area contributed by atoms with Crippen LogP contribution in [0.2, 0.25) is 0 Å². The molecular formula is C19H19NO5S. The third-order valence-corrected chi connectivity index (χ3v) is 4.87. The van der Waals surface area contributed by atoms with Crippen LogP contribution in [0.4, 0.5) is 5.69 Å². The van der Waals surface area contributed by atoms with E-state index in [1.54, 1.807) is 38.1 Å². The molecular weight excluding hydrogens is 354 g/mol. The lowest BCUT2D eigenvalue weighted by Crippen LogP contribution is -2.12. The summed E-state index contributed by atoms with van der Waals surface area (Å²) in [4.78, 5) is 0. The predicted molar refractivity (Wildman–Crippen MR) is 102 cm³/mol. The minimum atomic E-state index is -3.54. The van der Waals surface area contributed by atoms with Crippen molar-refractivity contribution < 1.29 is 23.7 Å². The fraction of sp³-hybridized carbons (Fsp3) is 0.158. The summed E-state index contributed by atoms with van der Waals surface area (Å²) in [5, 5.41) is 32.4. The minimum absolute atomic E-state index is 0.120. The van der Waals surface area contributed by atoms with Gasteiger partial charge in [-0.2, -0.15) is 0 Å². The summed E-state index contributed by atoms with van der Waals surface area (Å²) in [6.07, 6.45) is 1.04. The van der Waals surface area contributed by atoms with E-state index in [0.29, 0.717) is 27.6 Å². The van der Waals surface area contributed by atoms with Crippen molar-refractivity contribution in [2.24, 2.45) is 0 Å². The maximum Gasteiger partial charge on any atom is 0.229 e. The smallest absolute Gasteiger partial charge is 0.229 e. The van der Waals surface area contributed by atoms with Crippen LogP contribution < -0.4 is 4.72 Å². The second-order valence-corrected chi connectivity index (χ2v) is 8.05. The van der Waals surface area contributed by atoms with E-state index in [9.17, 15) is 23.7 Å². The summed E-state index contributed by atoms with van der Waals surface area (Å²) in [6.45, 7) is 3.32. The summed E-state index contributed by atoms with van der Waals surface area (Å²) >= 11 is 0. The van der Waals surface area contributed by atoms with Crippen LogP contribution in [0.5, 0.6) is 17.2 Å². The molecule has 4 N–H and O–H groups in total. The lowest BCUT2D eigenvalue weighted by molar-refractivity contribution is 0.406. The minimum Gasteiger partial charge on any atom is -0.507 e.